The van der Waals surface area contributed by atoms with Crippen LogP contribution in [0.25, 0.3) is 0 Å². The van der Waals surface area contributed by atoms with Crippen LogP contribution < -0.4 is 5.32 Å². The van der Waals surface area contributed by atoms with Gasteiger partial charge in [0.2, 0.25) is 5.91 Å². The molecule has 3 unspecified atom stereocenters. The summed E-state index contributed by atoms with van der Waals surface area (Å²) >= 11 is 0. The Kier molecular flexibility index (Phi) is 4.25. The van der Waals surface area contributed by atoms with Gasteiger partial charge in [0.1, 0.15) is 0 Å². The summed E-state index contributed by atoms with van der Waals surface area (Å²) < 4.78 is 0. The first-order valence-corrected chi connectivity index (χ1v) is 7.05. The molecule has 1 amide bonds. The molecule has 2 N–H and O–H groups in total. The molecule has 2 rings (SSSR count). The lowest BCUT2D eigenvalue weighted by Crippen LogP contribution is -2.48. The molecular weight excluding hydrogens is 238 g/mol. The number of benzene rings is 1. The van der Waals surface area contributed by atoms with Crippen molar-refractivity contribution in [1.29, 1.82) is 0 Å². The second kappa shape index (κ2) is 5.74. The van der Waals surface area contributed by atoms with Gasteiger partial charge in [0.25, 0.3) is 0 Å². The maximum absolute atomic E-state index is 12.4. The van der Waals surface area contributed by atoms with Crippen molar-refractivity contribution in [2.45, 2.75) is 38.6 Å². The quantitative estimate of drug-likeness (QED) is 0.874. The zero-order valence-electron chi connectivity index (χ0n) is 11.7. The third kappa shape index (κ3) is 2.98. The molecule has 0 spiro atoms. The summed E-state index contributed by atoms with van der Waals surface area (Å²) in [6.07, 6.45) is 3.21. The number of hydrogen-bond acceptors (Lipinski definition) is 2. The van der Waals surface area contributed by atoms with Crippen LogP contribution in [0.5, 0.6) is 0 Å². The first-order valence-electron chi connectivity index (χ1n) is 7.05. The van der Waals surface area contributed by atoms with Crippen molar-refractivity contribution in [1.82, 2.24) is 5.32 Å². The van der Waals surface area contributed by atoms with Gasteiger partial charge < -0.3 is 10.4 Å². The van der Waals surface area contributed by atoms with Crippen LogP contribution in [0.4, 0.5) is 0 Å². The molecule has 0 saturated heterocycles. The highest BCUT2D eigenvalue weighted by molar-refractivity contribution is 5.80. The van der Waals surface area contributed by atoms with Crippen LogP contribution in [0.1, 0.15) is 38.7 Å². The molecule has 0 heterocycles. The van der Waals surface area contributed by atoms with Crippen molar-refractivity contribution in [3.8, 4) is 0 Å². The summed E-state index contributed by atoms with van der Waals surface area (Å²) in [5, 5.41) is 12.7. The minimum absolute atomic E-state index is 0.0744. The average Bonchev–Trinajstić information content (AvgIpc) is 2.86. The van der Waals surface area contributed by atoms with Crippen molar-refractivity contribution in [3.05, 3.63) is 35.9 Å². The van der Waals surface area contributed by atoms with Crippen molar-refractivity contribution >= 4 is 5.91 Å². The van der Waals surface area contributed by atoms with Crippen LogP contribution in [0.3, 0.4) is 0 Å². The second-order valence-electron chi connectivity index (χ2n) is 5.86. The number of aliphatic hydroxyl groups excluding tert-OH is 1. The molecular formula is C16H23NO2. The van der Waals surface area contributed by atoms with E-state index in [4.69, 9.17) is 0 Å². The highest BCUT2D eigenvalue weighted by Crippen LogP contribution is 2.32. The number of carbonyl (C=O) groups is 1. The summed E-state index contributed by atoms with van der Waals surface area (Å²) in [5.41, 5.74) is 0.247. The molecule has 3 heteroatoms. The van der Waals surface area contributed by atoms with Gasteiger partial charge in [-0.1, -0.05) is 43.7 Å². The highest BCUT2D eigenvalue weighted by atomic mass is 16.3. The summed E-state index contributed by atoms with van der Waals surface area (Å²) in [6, 6.07) is 9.66. The molecule has 19 heavy (non-hydrogen) atoms. The molecule has 104 valence electrons. The number of aliphatic hydroxyl groups is 1. The molecule has 0 aliphatic heterocycles. The van der Waals surface area contributed by atoms with E-state index in [2.05, 4.69) is 12.2 Å². The molecule has 1 fully saturated rings. The molecule has 0 bridgehead atoms. The molecule has 1 aliphatic carbocycles. The Bertz CT molecular complexity index is 432. The zero-order chi connectivity index (χ0) is 13.9. The van der Waals surface area contributed by atoms with E-state index in [1.54, 1.807) is 0 Å². The minimum atomic E-state index is -0.694. The zero-order valence-corrected chi connectivity index (χ0v) is 11.7. The van der Waals surface area contributed by atoms with Gasteiger partial charge in [0.05, 0.1) is 12.1 Å². The van der Waals surface area contributed by atoms with Crippen LogP contribution in [0.2, 0.25) is 0 Å². The molecule has 3 atom stereocenters. The van der Waals surface area contributed by atoms with E-state index < -0.39 is 5.54 Å². The smallest absolute Gasteiger partial charge is 0.224 e. The fourth-order valence-corrected chi connectivity index (χ4v) is 2.91. The van der Waals surface area contributed by atoms with Gasteiger partial charge in [-0.3, -0.25) is 4.79 Å². The minimum Gasteiger partial charge on any atom is -0.394 e. The van der Waals surface area contributed by atoms with Crippen molar-refractivity contribution < 1.29 is 9.90 Å². The Hall–Kier alpha value is -1.35. The maximum atomic E-state index is 12.4. The summed E-state index contributed by atoms with van der Waals surface area (Å²) in [6.45, 7) is 3.92. The van der Waals surface area contributed by atoms with Gasteiger partial charge in [0.15, 0.2) is 0 Å². The van der Waals surface area contributed by atoms with Crippen molar-refractivity contribution in [3.63, 3.8) is 0 Å². The van der Waals surface area contributed by atoms with Crippen LogP contribution in [0, 0.1) is 11.8 Å². The van der Waals surface area contributed by atoms with E-state index in [0.717, 1.165) is 24.8 Å². The lowest BCUT2D eigenvalue weighted by Gasteiger charge is -2.31. The molecule has 1 aromatic rings. The third-order valence-corrected chi connectivity index (χ3v) is 4.32. The second-order valence-corrected chi connectivity index (χ2v) is 5.86. The number of amides is 1. The largest absolute Gasteiger partial charge is 0.394 e. The van der Waals surface area contributed by atoms with Crippen LogP contribution in [-0.2, 0) is 10.3 Å². The van der Waals surface area contributed by atoms with Crippen molar-refractivity contribution in [2.24, 2.45) is 11.8 Å². The van der Waals surface area contributed by atoms with Gasteiger partial charge in [-0.15, -0.1) is 0 Å². The fourth-order valence-electron chi connectivity index (χ4n) is 2.91. The molecule has 0 aromatic heterocycles. The monoisotopic (exact) mass is 261 g/mol. The fraction of sp³-hybridized carbons (Fsp3) is 0.562. The normalized spacial score (nSPS) is 25.8. The first kappa shape index (κ1) is 14.1. The van der Waals surface area contributed by atoms with Crippen LogP contribution in [0.15, 0.2) is 30.3 Å². The average molecular weight is 261 g/mol. The number of nitrogens with one attached hydrogen (secondary N) is 1. The Morgan fingerprint density at radius 2 is 2.05 bits per heavy atom. The van der Waals surface area contributed by atoms with Crippen LogP contribution >= 0.6 is 0 Å². The van der Waals surface area contributed by atoms with Gasteiger partial charge >= 0.3 is 0 Å². The predicted octanol–water partition coefficient (Wildman–Crippen LogP) is 2.45. The number of rotatable bonds is 4. The molecule has 1 aromatic carbocycles. The Labute approximate surface area is 115 Å². The lowest BCUT2D eigenvalue weighted by atomic mass is 9.90. The maximum Gasteiger partial charge on any atom is 0.224 e. The van der Waals surface area contributed by atoms with Gasteiger partial charge in [0, 0.05) is 5.92 Å². The summed E-state index contributed by atoms with van der Waals surface area (Å²) in [4.78, 5) is 12.4. The number of carbonyl (C=O) groups excluding carboxylic acids is 1. The Balaban J connectivity index is 2.12. The molecule has 1 saturated carbocycles. The van der Waals surface area contributed by atoms with E-state index in [1.807, 2.05) is 37.3 Å². The topological polar surface area (TPSA) is 49.3 Å². The first-order chi connectivity index (χ1) is 9.07. The van der Waals surface area contributed by atoms with Crippen LogP contribution in [-0.4, -0.2) is 17.6 Å². The predicted molar refractivity (Wildman–Crippen MR) is 75.5 cm³/mol. The van der Waals surface area contributed by atoms with Crippen molar-refractivity contribution in [2.75, 3.05) is 6.61 Å². The van der Waals surface area contributed by atoms with E-state index in [1.165, 1.54) is 0 Å². The SMILES string of the molecule is CC1CCCC1C(=O)NC(C)(CO)c1ccccc1. The Morgan fingerprint density at radius 1 is 1.37 bits per heavy atom. The standard InChI is InChI=1S/C16H23NO2/c1-12-7-6-10-14(12)15(19)17-16(2,11-18)13-8-4-3-5-9-13/h3-5,8-9,12,14,18H,6-7,10-11H2,1-2H3,(H,17,19). The summed E-state index contributed by atoms with van der Waals surface area (Å²) in [7, 11) is 0. The molecule has 0 radical (unpaired) electrons. The molecule has 3 nitrogen and oxygen atoms in total. The Morgan fingerprint density at radius 3 is 2.58 bits per heavy atom. The number of hydrogen-bond donors (Lipinski definition) is 2. The summed E-state index contributed by atoms with van der Waals surface area (Å²) in [5.74, 6) is 0.610. The van der Waals surface area contributed by atoms with Gasteiger partial charge in [-0.05, 0) is 31.2 Å². The van der Waals surface area contributed by atoms with E-state index in [9.17, 15) is 9.90 Å². The van der Waals surface area contributed by atoms with E-state index in [0.29, 0.717) is 5.92 Å². The van der Waals surface area contributed by atoms with Gasteiger partial charge in [-0.2, -0.15) is 0 Å². The molecule has 1 aliphatic rings. The van der Waals surface area contributed by atoms with Gasteiger partial charge in [-0.25, -0.2) is 0 Å². The lowest BCUT2D eigenvalue weighted by molar-refractivity contribution is -0.128. The third-order valence-electron chi connectivity index (χ3n) is 4.32. The highest BCUT2D eigenvalue weighted by Gasteiger charge is 2.34. The van der Waals surface area contributed by atoms with E-state index >= 15 is 0 Å². The van der Waals surface area contributed by atoms with E-state index in [-0.39, 0.29) is 18.4 Å².